The Hall–Kier alpha value is -1.50. The molecular weight excluding hydrogens is 208 g/mol. The number of hydrogen-bond donors (Lipinski definition) is 2. The fraction of sp³-hybridized carbons (Fsp3) is 0.500. The third-order valence-electron chi connectivity index (χ3n) is 2.14. The fourth-order valence-corrected chi connectivity index (χ4v) is 1.06. The minimum absolute atomic E-state index is 0.508. The number of imidazole rings is 1. The Kier molecular flexibility index (Phi) is 3.04. The van der Waals surface area contributed by atoms with Gasteiger partial charge in [0.25, 0.3) is 6.43 Å². The number of carbonyl (C=O) groups is 1. The number of nitrogens with two attached hydrogens (primary N) is 1. The molecule has 0 saturated heterocycles. The maximum atomic E-state index is 12.5. The zero-order valence-electron chi connectivity index (χ0n) is 8.02. The van der Waals surface area contributed by atoms with Crippen LogP contribution >= 0.6 is 0 Å². The molecule has 0 bridgehead atoms. The largest absolute Gasteiger partial charge is 0.480 e. The maximum absolute atomic E-state index is 12.5. The van der Waals surface area contributed by atoms with Gasteiger partial charge in [-0.05, 0) is 6.92 Å². The Bertz CT molecular complexity index is 367. The minimum Gasteiger partial charge on any atom is -0.480 e. The van der Waals surface area contributed by atoms with E-state index >= 15 is 0 Å². The van der Waals surface area contributed by atoms with Gasteiger partial charge >= 0.3 is 5.97 Å². The molecular formula is C8H11F2N3O2. The summed E-state index contributed by atoms with van der Waals surface area (Å²) in [6, 6.07) is 0. The van der Waals surface area contributed by atoms with E-state index < -0.39 is 24.5 Å². The van der Waals surface area contributed by atoms with E-state index in [2.05, 4.69) is 4.98 Å². The van der Waals surface area contributed by atoms with Crippen molar-refractivity contribution in [2.75, 3.05) is 0 Å². The average molecular weight is 219 g/mol. The van der Waals surface area contributed by atoms with Crippen LogP contribution in [0.25, 0.3) is 0 Å². The van der Waals surface area contributed by atoms with Crippen LogP contribution in [0.3, 0.4) is 0 Å². The number of aryl methyl sites for hydroxylation is 1. The second-order valence-electron chi connectivity index (χ2n) is 3.31. The van der Waals surface area contributed by atoms with Crippen LogP contribution in [-0.4, -0.2) is 32.6 Å². The number of rotatable bonds is 4. The van der Waals surface area contributed by atoms with Crippen molar-refractivity contribution < 1.29 is 18.7 Å². The maximum Gasteiger partial charge on any atom is 0.331 e. The molecule has 3 N–H and O–H groups in total. The molecule has 0 radical (unpaired) electrons. The van der Waals surface area contributed by atoms with E-state index in [0.717, 1.165) is 0 Å². The molecule has 7 heteroatoms. The van der Waals surface area contributed by atoms with Gasteiger partial charge in [0, 0.05) is 11.9 Å². The van der Waals surface area contributed by atoms with Gasteiger partial charge in [-0.15, -0.1) is 0 Å². The zero-order valence-corrected chi connectivity index (χ0v) is 8.02. The van der Waals surface area contributed by atoms with E-state index in [-0.39, 0.29) is 0 Å². The van der Waals surface area contributed by atoms with Gasteiger partial charge in [-0.3, -0.25) is 0 Å². The van der Waals surface area contributed by atoms with Gasteiger partial charge in [0.05, 0.1) is 12.9 Å². The van der Waals surface area contributed by atoms with Gasteiger partial charge < -0.3 is 15.4 Å². The van der Waals surface area contributed by atoms with Crippen molar-refractivity contribution in [2.45, 2.75) is 25.4 Å². The quantitative estimate of drug-likeness (QED) is 0.760. The molecule has 1 aromatic heterocycles. The number of hydrogen-bond acceptors (Lipinski definition) is 3. The standard InChI is InChI=1S/C8H11F2N3O2/c1-5-2-12-4-13(5)3-8(11,6(9)10)7(14)15/h2,4,6H,3,11H2,1H3,(H,14,15). The van der Waals surface area contributed by atoms with Crippen molar-refractivity contribution in [1.82, 2.24) is 9.55 Å². The second kappa shape index (κ2) is 3.93. The molecule has 0 saturated carbocycles. The lowest BCUT2D eigenvalue weighted by molar-refractivity contribution is -0.150. The summed E-state index contributed by atoms with van der Waals surface area (Å²) in [7, 11) is 0. The number of aliphatic carboxylic acids is 1. The summed E-state index contributed by atoms with van der Waals surface area (Å²) in [6.45, 7) is 1.12. The predicted molar refractivity (Wildman–Crippen MR) is 47.5 cm³/mol. The van der Waals surface area contributed by atoms with Crippen molar-refractivity contribution in [3.8, 4) is 0 Å². The van der Waals surface area contributed by atoms with Gasteiger partial charge in [-0.2, -0.15) is 0 Å². The highest BCUT2D eigenvalue weighted by Gasteiger charge is 2.44. The van der Waals surface area contributed by atoms with Gasteiger partial charge in [-0.1, -0.05) is 0 Å². The smallest absolute Gasteiger partial charge is 0.331 e. The van der Waals surface area contributed by atoms with Crippen molar-refractivity contribution in [1.29, 1.82) is 0 Å². The summed E-state index contributed by atoms with van der Waals surface area (Å²) in [4.78, 5) is 14.4. The lowest BCUT2D eigenvalue weighted by Gasteiger charge is -2.24. The lowest BCUT2D eigenvalue weighted by Crippen LogP contribution is -2.57. The molecule has 1 heterocycles. The van der Waals surface area contributed by atoms with Gasteiger partial charge in [0.1, 0.15) is 0 Å². The molecule has 15 heavy (non-hydrogen) atoms. The van der Waals surface area contributed by atoms with Crippen molar-refractivity contribution >= 4 is 5.97 Å². The summed E-state index contributed by atoms with van der Waals surface area (Å²) in [5, 5.41) is 8.65. The molecule has 0 amide bonds. The second-order valence-corrected chi connectivity index (χ2v) is 3.31. The summed E-state index contributed by atoms with van der Waals surface area (Å²) in [5.41, 5.74) is 3.14. The highest BCUT2D eigenvalue weighted by atomic mass is 19.3. The highest BCUT2D eigenvalue weighted by Crippen LogP contribution is 2.16. The molecule has 5 nitrogen and oxygen atoms in total. The molecule has 0 aliphatic rings. The number of alkyl halides is 2. The third kappa shape index (κ3) is 2.12. The molecule has 84 valence electrons. The topological polar surface area (TPSA) is 81.1 Å². The summed E-state index contributed by atoms with van der Waals surface area (Å²) in [5.74, 6) is -1.73. The van der Waals surface area contributed by atoms with E-state index in [1.807, 2.05) is 0 Å². The first-order valence-corrected chi connectivity index (χ1v) is 4.15. The Morgan fingerprint density at radius 2 is 2.40 bits per heavy atom. The van der Waals surface area contributed by atoms with Crippen LogP contribution in [0.4, 0.5) is 8.78 Å². The van der Waals surface area contributed by atoms with Crippen LogP contribution in [-0.2, 0) is 11.3 Å². The normalized spacial score (nSPS) is 15.3. The average Bonchev–Trinajstić information content (AvgIpc) is 2.51. The van der Waals surface area contributed by atoms with Gasteiger partial charge in [0.2, 0.25) is 0 Å². The van der Waals surface area contributed by atoms with Crippen LogP contribution in [0.5, 0.6) is 0 Å². The fourth-order valence-electron chi connectivity index (χ4n) is 1.06. The van der Waals surface area contributed by atoms with E-state index in [0.29, 0.717) is 5.69 Å². The van der Waals surface area contributed by atoms with Crippen LogP contribution in [0.1, 0.15) is 5.69 Å². The minimum atomic E-state index is -3.14. The Morgan fingerprint density at radius 1 is 1.80 bits per heavy atom. The van der Waals surface area contributed by atoms with Crippen molar-refractivity contribution in [3.05, 3.63) is 18.2 Å². The number of nitrogens with zero attached hydrogens (tertiary/aromatic N) is 2. The molecule has 1 rings (SSSR count). The number of aromatic nitrogens is 2. The van der Waals surface area contributed by atoms with Crippen molar-refractivity contribution in [3.63, 3.8) is 0 Å². The molecule has 0 spiro atoms. The summed E-state index contributed by atoms with van der Waals surface area (Å²) < 4.78 is 26.3. The first kappa shape index (κ1) is 11.6. The summed E-state index contributed by atoms with van der Waals surface area (Å²) in [6.07, 6.45) is -0.437. The number of halogens is 2. The molecule has 0 aromatic carbocycles. The Morgan fingerprint density at radius 3 is 2.73 bits per heavy atom. The zero-order chi connectivity index (χ0) is 11.6. The van der Waals surface area contributed by atoms with Crippen LogP contribution < -0.4 is 5.73 Å². The van der Waals surface area contributed by atoms with E-state index in [1.54, 1.807) is 6.92 Å². The van der Waals surface area contributed by atoms with Crippen LogP contribution in [0.2, 0.25) is 0 Å². The Labute approximate surface area is 84.5 Å². The SMILES string of the molecule is Cc1cncn1CC(N)(C(=O)O)C(F)F. The third-order valence-corrected chi connectivity index (χ3v) is 2.14. The van der Waals surface area contributed by atoms with Crippen LogP contribution in [0, 0.1) is 6.92 Å². The van der Waals surface area contributed by atoms with Crippen LogP contribution in [0.15, 0.2) is 12.5 Å². The molecule has 1 unspecified atom stereocenters. The van der Waals surface area contributed by atoms with E-state index in [1.165, 1.54) is 17.1 Å². The lowest BCUT2D eigenvalue weighted by atomic mass is 10.0. The van der Waals surface area contributed by atoms with E-state index in [9.17, 15) is 13.6 Å². The van der Waals surface area contributed by atoms with Crippen molar-refractivity contribution in [2.24, 2.45) is 5.73 Å². The van der Waals surface area contributed by atoms with Gasteiger partial charge in [-0.25, -0.2) is 18.6 Å². The first-order valence-electron chi connectivity index (χ1n) is 4.15. The molecule has 0 fully saturated rings. The monoisotopic (exact) mass is 219 g/mol. The Balaban J connectivity index is 2.95. The summed E-state index contributed by atoms with van der Waals surface area (Å²) >= 11 is 0. The number of carboxylic acid groups (broad SMARTS) is 1. The van der Waals surface area contributed by atoms with Gasteiger partial charge in [0.15, 0.2) is 5.54 Å². The van der Waals surface area contributed by atoms with E-state index in [4.69, 9.17) is 10.8 Å². The molecule has 1 aromatic rings. The molecule has 0 aliphatic heterocycles. The molecule has 1 atom stereocenters. The number of carboxylic acids is 1. The highest BCUT2D eigenvalue weighted by molar-refractivity contribution is 5.79. The molecule has 0 aliphatic carbocycles. The predicted octanol–water partition coefficient (Wildman–Crippen LogP) is 0.239. The first-order chi connectivity index (χ1) is 6.88.